The van der Waals surface area contributed by atoms with Gasteiger partial charge in [-0.25, -0.2) is 9.97 Å². The van der Waals surface area contributed by atoms with Crippen LogP contribution in [0.5, 0.6) is 5.88 Å². The Morgan fingerprint density at radius 3 is 2.87 bits per heavy atom. The average molecular weight is 422 g/mol. The highest BCUT2D eigenvalue weighted by Crippen LogP contribution is 2.51. The summed E-state index contributed by atoms with van der Waals surface area (Å²) in [6, 6.07) is 8.21. The lowest BCUT2D eigenvalue weighted by molar-refractivity contribution is 0.217. The van der Waals surface area contributed by atoms with Crippen LogP contribution in [-0.4, -0.2) is 26.4 Å². The van der Waals surface area contributed by atoms with Gasteiger partial charge in [0.05, 0.1) is 30.3 Å². The van der Waals surface area contributed by atoms with Gasteiger partial charge >= 0.3 is 0 Å². The summed E-state index contributed by atoms with van der Waals surface area (Å²) in [4.78, 5) is 8.79. The van der Waals surface area contributed by atoms with Gasteiger partial charge in [0, 0.05) is 19.4 Å². The predicted octanol–water partition coefficient (Wildman–Crippen LogP) is 3.79. The second-order valence-electron chi connectivity index (χ2n) is 7.93. The summed E-state index contributed by atoms with van der Waals surface area (Å²) < 4.78 is 21.2. The molecule has 154 valence electrons. The monoisotopic (exact) mass is 422 g/mol. The topological polar surface area (TPSA) is 120 Å². The van der Waals surface area contributed by atoms with E-state index in [-0.39, 0.29) is 24.0 Å². The van der Waals surface area contributed by atoms with Crippen molar-refractivity contribution in [1.29, 1.82) is 5.26 Å². The van der Waals surface area contributed by atoms with Crippen molar-refractivity contribution in [2.24, 2.45) is 7.05 Å². The maximum atomic E-state index is 13.6. The third-order valence-electron chi connectivity index (χ3n) is 5.27. The number of rotatable bonds is 0. The summed E-state index contributed by atoms with van der Waals surface area (Å²) in [5.41, 5.74) is 10.9. The molecule has 9 heteroatoms. The van der Waals surface area contributed by atoms with Gasteiger partial charge in [0.25, 0.3) is 5.88 Å². The van der Waals surface area contributed by atoms with E-state index in [2.05, 4.69) is 21.1 Å². The summed E-state index contributed by atoms with van der Waals surface area (Å²) in [5.74, 6) is 0.369. The Morgan fingerprint density at radius 1 is 1.37 bits per heavy atom. The number of anilines is 1. The molecule has 2 bridgehead atoms. The molecule has 2 N–H and O–H groups in total. The zero-order chi connectivity index (χ0) is 21.6. The first-order valence-electron chi connectivity index (χ1n) is 9.59. The summed E-state index contributed by atoms with van der Waals surface area (Å²) in [6.45, 7) is 5.69. The lowest BCUT2D eigenvalue weighted by Gasteiger charge is -2.22. The van der Waals surface area contributed by atoms with Gasteiger partial charge < -0.3 is 15.0 Å². The van der Waals surface area contributed by atoms with Crippen LogP contribution >= 0.6 is 7.14 Å². The van der Waals surface area contributed by atoms with Gasteiger partial charge in [0.1, 0.15) is 17.9 Å². The minimum atomic E-state index is -2.68. The Bertz CT molecular complexity index is 1240. The van der Waals surface area contributed by atoms with E-state index in [0.29, 0.717) is 28.8 Å². The highest BCUT2D eigenvalue weighted by Gasteiger charge is 2.29. The fourth-order valence-electron chi connectivity index (χ4n) is 3.88. The van der Waals surface area contributed by atoms with E-state index in [1.165, 1.54) is 10.9 Å². The van der Waals surface area contributed by atoms with E-state index in [0.717, 1.165) is 16.7 Å². The molecule has 0 aliphatic carbocycles. The number of hydrogen-bond acceptors (Lipinski definition) is 7. The van der Waals surface area contributed by atoms with Gasteiger partial charge in [0.2, 0.25) is 0 Å². The van der Waals surface area contributed by atoms with Crippen LogP contribution in [0.1, 0.15) is 41.1 Å². The maximum Gasteiger partial charge on any atom is 0.258 e. The zero-order valence-electron chi connectivity index (χ0n) is 17.4. The molecule has 0 saturated carbocycles. The van der Waals surface area contributed by atoms with Crippen LogP contribution in [0.2, 0.25) is 0 Å². The van der Waals surface area contributed by atoms with Gasteiger partial charge in [-0.3, -0.25) is 4.68 Å². The van der Waals surface area contributed by atoms with Crippen molar-refractivity contribution in [2.75, 3.05) is 12.4 Å². The van der Waals surface area contributed by atoms with Crippen molar-refractivity contribution in [3.63, 3.8) is 0 Å². The summed E-state index contributed by atoms with van der Waals surface area (Å²) in [7, 11) is -0.998. The molecule has 3 heterocycles. The highest BCUT2D eigenvalue weighted by molar-refractivity contribution is 7.61. The second-order valence-corrected chi connectivity index (χ2v) is 11.2. The number of nitrogen functional groups attached to an aromatic ring is 1. The molecule has 1 aliphatic heterocycles. The van der Waals surface area contributed by atoms with Crippen LogP contribution < -0.4 is 10.5 Å². The van der Waals surface area contributed by atoms with E-state index in [1.807, 2.05) is 32.0 Å². The lowest BCUT2D eigenvalue weighted by Crippen LogP contribution is -2.11. The Kier molecular flexibility index (Phi) is 4.87. The van der Waals surface area contributed by atoms with Crippen molar-refractivity contribution in [2.45, 2.75) is 32.3 Å². The number of fused-ring (bicyclic) bond motifs is 5. The first-order chi connectivity index (χ1) is 14.2. The van der Waals surface area contributed by atoms with Crippen molar-refractivity contribution in [3.05, 3.63) is 52.5 Å². The molecule has 0 radical (unpaired) electrons. The zero-order valence-corrected chi connectivity index (χ0v) is 18.3. The van der Waals surface area contributed by atoms with Gasteiger partial charge in [-0.2, -0.15) is 10.4 Å². The van der Waals surface area contributed by atoms with Gasteiger partial charge in [0.15, 0.2) is 5.82 Å². The van der Waals surface area contributed by atoms with E-state index < -0.39 is 7.14 Å². The van der Waals surface area contributed by atoms with Crippen LogP contribution in [0, 0.1) is 18.3 Å². The molecule has 0 saturated heterocycles. The molecule has 8 nitrogen and oxygen atoms in total. The number of nitrogens with two attached hydrogens (primary N) is 1. The molecule has 2 atom stereocenters. The fraction of sp³-hybridized carbons (Fsp3) is 0.333. The van der Waals surface area contributed by atoms with Gasteiger partial charge in [-0.1, -0.05) is 23.8 Å². The number of nitriles is 1. The molecule has 0 amide bonds. The molecule has 3 aromatic rings. The third-order valence-corrected chi connectivity index (χ3v) is 7.24. The highest BCUT2D eigenvalue weighted by atomic mass is 31.2. The minimum absolute atomic E-state index is 0.168. The number of ether oxygens (including phenoxy) is 1. The predicted molar refractivity (Wildman–Crippen MR) is 115 cm³/mol. The first-order valence-corrected chi connectivity index (χ1v) is 12.1. The molecule has 1 aliphatic rings. The summed E-state index contributed by atoms with van der Waals surface area (Å²) >= 11 is 0. The Hall–Kier alpha value is -3.17. The molecule has 0 spiro atoms. The second kappa shape index (κ2) is 7.26. The molecule has 2 aromatic heterocycles. The van der Waals surface area contributed by atoms with Crippen LogP contribution in [0.15, 0.2) is 24.4 Å². The van der Waals surface area contributed by atoms with Crippen LogP contribution in [0.4, 0.5) is 5.82 Å². The lowest BCUT2D eigenvalue weighted by atomic mass is 10.0. The Balaban J connectivity index is 1.98. The number of nitrogens with zero attached hydrogens (tertiary/aromatic N) is 5. The molecule has 4 rings (SSSR count). The number of aryl methyl sites for hydroxylation is 2. The molecule has 1 aromatic carbocycles. The SMILES string of the molecule is Cc1ccc2c(c1)[C@@H](C)Oc1nc(cnc1N)-c1c(nn(C)c1C#N)CP(C)(=O)C2. The quantitative estimate of drug-likeness (QED) is 0.547. The van der Waals surface area contributed by atoms with Gasteiger partial charge in [-0.15, -0.1) is 0 Å². The van der Waals surface area contributed by atoms with Crippen molar-refractivity contribution < 1.29 is 9.30 Å². The van der Waals surface area contributed by atoms with Crippen molar-refractivity contribution in [1.82, 2.24) is 19.7 Å². The van der Waals surface area contributed by atoms with Crippen LogP contribution in [0.25, 0.3) is 11.3 Å². The van der Waals surface area contributed by atoms with E-state index in [9.17, 15) is 9.83 Å². The van der Waals surface area contributed by atoms with Crippen LogP contribution in [0.3, 0.4) is 0 Å². The third kappa shape index (κ3) is 3.57. The molecular weight excluding hydrogens is 399 g/mol. The number of benzene rings is 1. The molecule has 1 unspecified atom stereocenters. The molecular formula is C21H23N6O2P. The molecule has 0 fully saturated rings. The number of hydrogen-bond donors (Lipinski definition) is 1. The van der Waals surface area contributed by atoms with E-state index in [4.69, 9.17) is 10.5 Å². The summed E-state index contributed by atoms with van der Waals surface area (Å²) in [5, 5.41) is 14.2. The largest absolute Gasteiger partial charge is 0.467 e. The minimum Gasteiger partial charge on any atom is -0.467 e. The van der Waals surface area contributed by atoms with E-state index in [1.54, 1.807) is 13.7 Å². The van der Waals surface area contributed by atoms with Crippen molar-refractivity contribution in [3.8, 4) is 23.2 Å². The smallest absolute Gasteiger partial charge is 0.258 e. The van der Waals surface area contributed by atoms with Crippen LogP contribution in [-0.2, 0) is 23.9 Å². The number of aromatic nitrogens is 4. The first kappa shape index (κ1) is 20.1. The Labute approximate surface area is 175 Å². The normalized spacial score (nSPS) is 20.7. The van der Waals surface area contributed by atoms with E-state index >= 15 is 0 Å². The fourth-order valence-corrected chi connectivity index (χ4v) is 5.85. The average Bonchev–Trinajstić information content (AvgIpc) is 2.98. The van der Waals surface area contributed by atoms with Crippen molar-refractivity contribution >= 4 is 13.0 Å². The maximum absolute atomic E-state index is 13.6. The summed E-state index contributed by atoms with van der Waals surface area (Å²) in [6.07, 6.45) is 1.79. The van der Waals surface area contributed by atoms with Gasteiger partial charge in [-0.05, 0) is 31.6 Å². The molecule has 30 heavy (non-hydrogen) atoms. The Morgan fingerprint density at radius 2 is 2.13 bits per heavy atom. The standard InChI is InChI=1S/C21H23N6O2P/c1-12-5-6-14-10-30(4,28)11-17-19(18(8-22)27(3)26-17)16-9-24-20(23)21(25-16)29-13(2)15(14)7-12/h5-7,9,13H,10-11H2,1-4H3,(H2,23,24)/t13-,30?/m1/s1.